The van der Waals surface area contributed by atoms with Crippen molar-refractivity contribution < 1.29 is 13.2 Å². The summed E-state index contributed by atoms with van der Waals surface area (Å²) in [6.45, 7) is 0.234. The van der Waals surface area contributed by atoms with Gasteiger partial charge >= 0.3 is 0 Å². The third-order valence-corrected chi connectivity index (χ3v) is 3.86. The van der Waals surface area contributed by atoms with Crippen LogP contribution in [0.1, 0.15) is 15.9 Å². The molecule has 0 atom stereocenters. The first-order chi connectivity index (χ1) is 9.79. The maximum atomic E-state index is 11.9. The number of carbonyl (C=O) groups excluding carboxylic acids is 1. The summed E-state index contributed by atoms with van der Waals surface area (Å²) in [5, 5.41) is 11.6. The number of rotatable bonds is 4. The first-order valence-corrected chi connectivity index (χ1v) is 7.51. The highest BCUT2D eigenvalue weighted by Crippen LogP contribution is 2.11. The molecule has 0 fully saturated rings. The van der Waals surface area contributed by atoms with Gasteiger partial charge in [-0.25, -0.2) is 13.6 Å². The summed E-state index contributed by atoms with van der Waals surface area (Å²) >= 11 is 0. The van der Waals surface area contributed by atoms with Crippen molar-refractivity contribution in [3.63, 3.8) is 0 Å². The first-order valence-electron chi connectivity index (χ1n) is 5.96. The second-order valence-corrected chi connectivity index (χ2v) is 6.00. The van der Waals surface area contributed by atoms with Crippen molar-refractivity contribution in [2.75, 3.05) is 5.73 Å². The quantitative estimate of drug-likeness (QED) is 0.705. The molecule has 0 saturated carbocycles. The van der Waals surface area contributed by atoms with Crippen molar-refractivity contribution in [2.24, 2.45) is 12.2 Å². The Hall–Kier alpha value is -2.39. The highest BCUT2D eigenvalue weighted by molar-refractivity contribution is 7.89. The van der Waals surface area contributed by atoms with E-state index >= 15 is 0 Å². The maximum Gasteiger partial charge on any atom is 0.256 e. The minimum atomic E-state index is -3.71. The van der Waals surface area contributed by atoms with E-state index < -0.39 is 10.0 Å². The average molecular weight is 309 g/mol. The topological polar surface area (TPSA) is 133 Å². The van der Waals surface area contributed by atoms with Crippen molar-refractivity contribution >= 4 is 21.7 Å². The predicted molar refractivity (Wildman–Crippen MR) is 76.6 cm³/mol. The first kappa shape index (κ1) is 15.0. The van der Waals surface area contributed by atoms with Crippen LogP contribution in [0.5, 0.6) is 0 Å². The van der Waals surface area contributed by atoms with Gasteiger partial charge in [0.2, 0.25) is 10.0 Å². The number of carbonyl (C=O) groups is 1. The number of nitrogens with two attached hydrogens (primary N) is 2. The lowest BCUT2D eigenvalue weighted by Gasteiger charge is -2.06. The van der Waals surface area contributed by atoms with E-state index in [1.54, 1.807) is 19.2 Å². The maximum absolute atomic E-state index is 11.9. The molecule has 0 aliphatic carbocycles. The van der Waals surface area contributed by atoms with Gasteiger partial charge < -0.3 is 11.1 Å². The summed E-state index contributed by atoms with van der Waals surface area (Å²) < 4.78 is 23.6. The Kier molecular flexibility index (Phi) is 3.96. The van der Waals surface area contributed by atoms with Crippen molar-refractivity contribution in [1.29, 1.82) is 0 Å². The molecule has 1 heterocycles. The van der Waals surface area contributed by atoms with Crippen molar-refractivity contribution in [1.82, 2.24) is 15.1 Å². The number of benzene rings is 1. The molecule has 0 aliphatic rings. The Morgan fingerprint density at radius 2 is 1.95 bits per heavy atom. The van der Waals surface area contributed by atoms with Gasteiger partial charge in [-0.15, -0.1) is 0 Å². The van der Waals surface area contributed by atoms with E-state index in [0.717, 1.165) is 5.56 Å². The molecule has 0 aliphatic heterocycles. The number of hydrogen-bond donors (Lipinski definition) is 3. The molecule has 0 unspecified atom stereocenters. The molecule has 5 N–H and O–H groups in total. The number of nitrogens with one attached hydrogen (secondary N) is 1. The van der Waals surface area contributed by atoms with E-state index in [9.17, 15) is 13.2 Å². The molecule has 2 aromatic rings. The highest BCUT2D eigenvalue weighted by Gasteiger charge is 2.13. The van der Waals surface area contributed by atoms with Gasteiger partial charge in [0.25, 0.3) is 5.91 Å². The molecular formula is C12H15N5O3S. The van der Waals surface area contributed by atoms with E-state index in [0.29, 0.717) is 5.56 Å². The van der Waals surface area contributed by atoms with Gasteiger partial charge in [-0.3, -0.25) is 9.48 Å². The largest absolute Gasteiger partial charge is 0.383 e. The van der Waals surface area contributed by atoms with Gasteiger partial charge in [-0.1, -0.05) is 12.1 Å². The number of nitrogen functional groups attached to an aromatic ring is 1. The zero-order chi connectivity index (χ0) is 15.6. The standard InChI is InChI=1S/C12H15N5O3S/c1-17-11(13)10(7-16-17)12(18)15-6-8-2-4-9(5-3-8)21(14,19)20/h2-5,7H,6,13H2,1H3,(H,15,18)(H2,14,19,20). The van der Waals surface area contributed by atoms with E-state index in [2.05, 4.69) is 10.4 Å². The SMILES string of the molecule is Cn1ncc(C(=O)NCc2ccc(S(N)(=O)=O)cc2)c1N. The highest BCUT2D eigenvalue weighted by atomic mass is 32.2. The van der Waals surface area contributed by atoms with Crippen LogP contribution in [0.15, 0.2) is 35.4 Å². The van der Waals surface area contributed by atoms with E-state index in [4.69, 9.17) is 10.9 Å². The summed E-state index contributed by atoms with van der Waals surface area (Å²) in [4.78, 5) is 11.9. The number of sulfonamides is 1. The molecular weight excluding hydrogens is 294 g/mol. The third kappa shape index (κ3) is 3.38. The lowest BCUT2D eigenvalue weighted by Crippen LogP contribution is -2.23. The lowest BCUT2D eigenvalue weighted by molar-refractivity contribution is 0.0951. The smallest absolute Gasteiger partial charge is 0.256 e. The van der Waals surface area contributed by atoms with Crippen LogP contribution in [0, 0.1) is 0 Å². The molecule has 1 aromatic heterocycles. The second kappa shape index (κ2) is 5.54. The molecule has 9 heteroatoms. The number of anilines is 1. The lowest BCUT2D eigenvalue weighted by atomic mass is 10.2. The van der Waals surface area contributed by atoms with Crippen LogP contribution in [-0.2, 0) is 23.6 Å². The summed E-state index contributed by atoms with van der Waals surface area (Å²) in [5.74, 6) is -0.0757. The van der Waals surface area contributed by atoms with Gasteiger partial charge in [-0.05, 0) is 17.7 Å². The van der Waals surface area contributed by atoms with Gasteiger partial charge in [-0.2, -0.15) is 5.10 Å². The fraction of sp³-hybridized carbons (Fsp3) is 0.167. The Labute approximate surface area is 121 Å². The van der Waals surface area contributed by atoms with Crippen LogP contribution in [0.4, 0.5) is 5.82 Å². The van der Waals surface area contributed by atoms with Crippen LogP contribution in [-0.4, -0.2) is 24.1 Å². The molecule has 2 rings (SSSR count). The van der Waals surface area contributed by atoms with Crippen LogP contribution in [0.3, 0.4) is 0 Å². The van der Waals surface area contributed by atoms with E-state index in [1.807, 2.05) is 0 Å². The Bertz CT molecular complexity index is 765. The van der Waals surface area contributed by atoms with Crippen LogP contribution < -0.4 is 16.2 Å². The Morgan fingerprint density at radius 3 is 2.43 bits per heavy atom. The number of nitrogens with zero attached hydrogens (tertiary/aromatic N) is 2. The predicted octanol–water partition coefficient (Wildman–Crippen LogP) is -0.420. The number of hydrogen-bond acceptors (Lipinski definition) is 5. The number of aromatic nitrogens is 2. The molecule has 0 spiro atoms. The number of aryl methyl sites for hydroxylation is 1. The minimum Gasteiger partial charge on any atom is -0.383 e. The van der Waals surface area contributed by atoms with E-state index in [1.165, 1.54) is 23.0 Å². The van der Waals surface area contributed by atoms with E-state index in [-0.39, 0.29) is 23.2 Å². The van der Waals surface area contributed by atoms with Gasteiger partial charge in [0.1, 0.15) is 11.4 Å². The fourth-order valence-corrected chi connectivity index (χ4v) is 2.21. The summed E-state index contributed by atoms with van der Waals surface area (Å²) in [7, 11) is -2.07. The second-order valence-electron chi connectivity index (χ2n) is 4.44. The summed E-state index contributed by atoms with van der Waals surface area (Å²) in [6, 6.07) is 5.92. The monoisotopic (exact) mass is 309 g/mol. The van der Waals surface area contributed by atoms with Crippen LogP contribution >= 0.6 is 0 Å². The zero-order valence-corrected chi connectivity index (χ0v) is 12.1. The molecule has 21 heavy (non-hydrogen) atoms. The number of primary sulfonamides is 1. The summed E-state index contributed by atoms with van der Waals surface area (Å²) in [6.07, 6.45) is 1.38. The van der Waals surface area contributed by atoms with Crippen molar-refractivity contribution in [3.05, 3.63) is 41.6 Å². The average Bonchev–Trinajstić information content (AvgIpc) is 2.76. The third-order valence-electron chi connectivity index (χ3n) is 2.93. The molecule has 112 valence electrons. The van der Waals surface area contributed by atoms with Gasteiger partial charge in [0.15, 0.2) is 0 Å². The fourth-order valence-electron chi connectivity index (χ4n) is 1.70. The normalized spacial score (nSPS) is 11.3. The minimum absolute atomic E-state index is 0.0223. The van der Waals surface area contributed by atoms with Crippen LogP contribution in [0.2, 0.25) is 0 Å². The van der Waals surface area contributed by atoms with Crippen molar-refractivity contribution in [2.45, 2.75) is 11.4 Å². The summed E-state index contributed by atoms with van der Waals surface area (Å²) in [5.41, 5.74) is 6.72. The van der Waals surface area contributed by atoms with Gasteiger partial charge in [0, 0.05) is 13.6 Å². The van der Waals surface area contributed by atoms with Crippen LogP contribution in [0.25, 0.3) is 0 Å². The Balaban J connectivity index is 2.03. The Morgan fingerprint density at radius 1 is 1.33 bits per heavy atom. The molecule has 1 aromatic carbocycles. The number of amides is 1. The molecule has 0 saturated heterocycles. The molecule has 1 amide bonds. The zero-order valence-electron chi connectivity index (χ0n) is 11.3. The molecule has 0 radical (unpaired) electrons. The molecule has 8 nitrogen and oxygen atoms in total. The van der Waals surface area contributed by atoms with Crippen molar-refractivity contribution in [3.8, 4) is 0 Å². The van der Waals surface area contributed by atoms with Gasteiger partial charge in [0.05, 0.1) is 11.1 Å². The molecule has 0 bridgehead atoms.